The van der Waals surface area contributed by atoms with Crippen molar-refractivity contribution in [1.82, 2.24) is 25.8 Å². The Morgan fingerprint density at radius 3 is 2.58 bits per heavy atom. The van der Waals surface area contributed by atoms with Gasteiger partial charge in [0.05, 0.1) is 12.1 Å². The summed E-state index contributed by atoms with van der Waals surface area (Å²) >= 11 is 3.36. The van der Waals surface area contributed by atoms with Crippen LogP contribution in [0.15, 0.2) is 65.4 Å². The van der Waals surface area contributed by atoms with Gasteiger partial charge in [-0.25, -0.2) is 25.0 Å². The van der Waals surface area contributed by atoms with Crippen molar-refractivity contribution in [1.29, 1.82) is 0 Å². The van der Waals surface area contributed by atoms with E-state index in [0.29, 0.717) is 5.69 Å². The molecule has 31 heavy (non-hydrogen) atoms. The Morgan fingerprint density at radius 2 is 1.84 bits per heavy atom. The molecule has 160 valence electrons. The molecule has 2 aromatic carbocycles. The molecule has 0 radical (unpaired) electrons. The molecule has 2 fully saturated rings. The van der Waals surface area contributed by atoms with E-state index in [4.69, 9.17) is 0 Å². The van der Waals surface area contributed by atoms with Gasteiger partial charge in [-0.05, 0) is 48.4 Å². The highest BCUT2D eigenvalue weighted by molar-refractivity contribution is 9.10. The molecule has 5 rings (SSSR count). The van der Waals surface area contributed by atoms with Gasteiger partial charge in [0.25, 0.3) is 0 Å². The van der Waals surface area contributed by atoms with Gasteiger partial charge in [-0.2, -0.15) is 0 Å². The van der Waals surface area contributed by atoms with Crippen molar-refractivity contribution < 1.29 is 14.0 Å². The minimum atomic E-state index is -0.309. The summed E-state index contributed by atoms with van der Waals surface area (Å²) in [5, 5.41) is 6.08. The number of amides is 3. The van der Waals surface area contributed by atoms with Crippen LogP contribution in [0.3, 0.4) is 0 Å². The van der Waals surface area contributed by atoms with Gasteiger partial charge in [0.1, 0.15) is 18.5 Å². The molecule has 10 heteroatoms. The number of nitrogens with one attached hydrogen (secondary N) is 3. The number of hydrazine groups is 2. The zero-order chi connectivity index (χ0) is 21.5. The van der Waals surface area contributed by atoms with Crippen LogP contribution in [0.1, 0.15) is 18.0 Å². The van der Waals surface area contributed by atoms with E-state index in [1.54, 1.807) is 35.4 Å². The van der Waals surface area contributed by atoms with E-state index in [1.807, 2.05) is 23.3 Å². The lowest BCUT2D eigenvalue weighted by Gasteiger charge is -2.34. The Bertz CT molecular complexity index is 1030. The van der Waals surface area contributed by atoms with Crippen LogP contribution < -0.4 is 16.2 Å². The quantitative estimate of drug-likeness (QED) is 0.619. The Morgan fingerprint density at radius 1 is 1.10 bits per heavy atom. The summed E-state index contributed by atoms with van der Waals surface area (Å²) in [5.74, 6) is -0.566. The van der Waals surface area contributed by atoms with Crippen LogP contribution in [-0.4, -0.2) is 45.6 Å². The average Bonchev–Trinajstić information content (AvgIpc) is 3.32. The van der Waals surface area contributed by atoms with E-state index in [1.165, 1.54) is 17.1 Å². The van der Waals surface area contributed by atoms with Gasteiger partial charge < -0.3 is 10.3 Å². The number of rotatable bonds is 4. The lowest BCUT2D eigenvalue weighted by atomic mass is 10.00. The molecule has 3 heterocycles. The van der Waals surface area contributed by atoms with E-state index in [2.05, 4.69) is 32.1 Å². The minimum Gasteiger partial charge on any atom is -0.324 e. The number of anilines is 1. The molecule has 0 saturated carbocycles. The molecule has 3 aliphatic rings. The van der Waals surface area contributed by atoms with E-state index < -0.39 is 0 Å². The maximum atomic E-state index is 13.3. The van der Waals surface area contributed by atoms with Crippen molar-refractivity contribution in [3.63, 3.8) is 0 Å². The number of halogens is 2. The predicted molar refractivity (Wildman–Crippen MR) is 115 cm³/mol. The van der Waals surface area contributed by atoms with Crippen LogP contribution in [0.5, 0.6) is 0 Å². The van der Waals surface area contributed by atoms with Crippen molar-refractivity contribution in [3.8, 4) is 0 Å². The summed E-state index contributed by atoms with van der Waals surface area (Å²) in [6, 6.07) is 13.3. The number of carbonyl (C=O) groups excluding carboxylic acids is 2. The third-order valence-electron chi connectivity index (χ3n) is 5.63. The number of nitrogens with zero attached hydrogens (tertiary/aromatic N) is 3. The van der Waals surface area contributed by atoms with Crippen molar-refractivity contribution in [2.75, 3.05) is 11.9 Å². The highest BCUT2D eigenvalue weighted by atomic mass is 79.9. The molecule has 8 nitrogen and oxygen atoms in total. The molecule has 0 aliphatic carbocycles. The maximum absolute atomic E-state index is 13.3. The van der Waals surface area contributed by atoms with Crippen molar-refractivity contribution >= 4 is 33.6 Å². The van der Waals surface area contributed by atoms with Crippen LogP contribution in [-0.2, 0) is 4.79 Å². The zero-order valence-electron chi connectivity index (χ0n) is 16.3. The first-order valence-corrected chi connectivity index (χ1v) is 10.7. The van der Waals surface area contributed by atoms with Gasteiger partial charge in [-0.3, -0.25) is 9.69 Å². The molecule has 3 atom stereocenters. The van der Waals surface area contributed by atoms with Crippen molar-refractivity contribution in [3.05, 3.63) is 76.8 Å². The van der Waals surface area contributed by atoms with Crippen LogP contribution in [0.2, 0.25) is 0 Å². The molecule has 3 amide bonds. The van der Waals surface area contributed by atoms with Gasteiger partial charge in [0.15, 0.2) is 0 Å². The summed E-state index contributed by atoms with van der Waals surface area (Å²) in [6.45, 7) is -0.114. The molecule has 3 unspecified atom stereocenters. The molecule has 0 bridgehead atoms. The minimum absolute atomic E-state index is 0.00172. The van der Waals surface area contributed by atoms with Gasteiger partial charge in [-0.1, -0.05) is 28.1 Å². The van der Waals surface area contributed by atoms with Crippen molar-refractivity contribution in [2.45, 2.75) is 24.7 Å². The lowest BCUT2D eigenvalue weighted by molar-refractivity contribution is -0.117. The van der Waals surface area contributed by atoms with E-state index in [0.717, 1.165) is 16.5 Å². The third-order valence-corrected chi connectivity index (χ3v) is 6.16. The normalized spacial score (nSPS) is 24.4. The van der Waals surface area contributed by atoms with Gasteiger partial charge in [-0.15, -0.1) is 0 Å². The average molecular weight is 487 g/mol. The maximum Gasteiger partial charge on any atom is 0.340 e. The monoisotopic (exact) mass is 486 g/mol. The smallest absolute Gasteiger partial charge is 0.324 e. The summed E-state index contributed by atoms with van der Waals surface area (Å²) in [4.78, 5) is 26.9. The second kappa shape index (κ2) is 7.95. The van der Waals surface area contributed by atoms with E-state index in [9.17, 15) is 14.0 Å². The molecule has 3 aliphatic heterocycles. The SMILES string of the molecule is O=C(CN1NC2C3CC(c4ccc(F)cc4)NN3C=CN2C1=O)Nc1ccc(Br)cc1. The predicted octanol–water partition coefficient (Wildman–Crippen LogP) is 2.90. The van der Waals surface area contributed by atoms with Gasteiger partial charge in [0, 0.05) is 22.6 Å². The van der Waals surface area contributed by atoms with Crippen LogP contribution >= 0.6 is 15.9 Å². The molecule has 3 N–H and O–H groups in total. The molecular weight excluding hydrogens is 467 g/mol. The molecule has 0 aromatic heterocycles. The summed E-state index contributed by atoms with van der Waals surface area (Å²) in [7, 11) is 0. The fraction of sp³-hybridized carbons (Fsp3) is 0.238. The van der Waals surface area contributed by atoms with E-state index >= 15 is 0 Å². The Hall–Kier alpha value is -2.95. The summed E-state index contributed by atoms with van der Waals surface area (Å²) in [5.41, 5.74) is 8.20. The lowest BCUT2D eigenvalue weighted by Crippen LogP contribution is -2.54. The fourth-order valence-corrected chi connectivity index (χ4v) is 4.39. The number of benzene rings is 2. The number of fused-ring (bicyclic) bond motifs is 3. The number of urea groups is 1. The van der Waals surface area contributed by atoms with Crippen LogP contribution in [0.4, 0.5) is 14.9 Å². The second-order valence-corrected chi connectivity index (χ2v) is 8.56. The number of carbonyl (C=O) groups is 2. The van der Waals surface area contributed by atoms with Crippen LogP contribution in [0, 0.1) is 5.82 Å². The Balaban J connectivity index is 1.25. The molecular formula is C21H20BrFN6O2. The summed E-state index contributed by atoms with van der Waals surface area (Å²) in [6.07, 6.45) is 3.92. The standard InChI is InChI=1S/C21H20BrFN6O2/c22-14-3-7-16(8-4-14)24-19(30)12-29-21(31)27-9-10-28-18(20(27)26-29)11-17(25-28)13-1-5-15(23)6-2-13/h1-10,17-18,20,25-26H,11-12H2,(H,24,30). The number of hydrogen-bond donors (Lipinski definition) is 3. The molecule has 2 aromatic rings. The largest absolute Gasteiger partial charge is 0.340 e. The molecule has 2 saturated heterocycles. The second-order valence-electron chi connectivity index (χ2n) is 7.65. The first-order valence-electron chi connectivity index (χ1n) is 9.88. The Labute approximate surface area is 186 Å². The first-order chi connectivity index (χ1) is 15.0. The first kappa shape index (κ1) is 20.0. The van der Waals surface area contributed by atoms with E-state index in [-0.39, 0.29) is 42.5 Å². The van der Waals surface area contributed by atoms with Gasteiger partial charge in [0.2, 0.25) is 5.91 Å². The highest BCUT2D eigenvalue weighted by Gasteiger charge is 2.48. The summed E-state index contributed by atoms with van der Waals surface area (Å²) < 4.78 is 14.2. The van der Waals surface area contributed by atoms with Crippen LogP contribution in [0.25, 0.3) is 0 Å². The number of hydrogen-bond acceptors (Lipinski definition) is 5. The van der Waals surface area contributed by atoms with Crippen molar-refractivity contribution in [2.24, 2.45) is 0 Å². The topological polar surface area (TPSA) is 80.0 Å². The fourth-order valence-electron chi connectivity index (χ4n) is 4.12. The zero-order valence-corrected chi connectivity index (χ0v) is 17.9. The highest BCUT2D eigenvalue weighted by Crippen LogP contribution is 2.34. The molecule has 0 spiro atoms. The third kappa shape index (κ3) is 3.89. The van der Waals surface area contributed by atoms with Gasteiger partial charge >= 0.3 is 6.03 Å². The Kier molecular flexibility index (Phi) is 5.12.